The monoisotopic (exact) mass is 520 g/mol. The number of hydrogen-bond donors (Lipinski definition) is 3. The summed E-state index contributed by atoms with van der Waals surface area (Å²) in [5, 5.41) is 13.7. The van der Waals surface area contributed by atoms with Crippen LogP contribution in [0.25, 0.3) is 0 Å². The smallest absolute Gasteiger partial charge is 0.251 e. The maximum Gasteiger partial charge on any atom is 0.251 e. The van der Waals surface area contributed by atoms with E-state index in [9.17, 15) is 4.79 Å². The first kappa shape index (κ1) is 25.8. The highest BCUT2D eigenvalue weighted by Crippen LogP contribution is 2.40. The van der Waals surface area contributed by atoms with Crippen LogP contribution in [0.5, 0.6) is 0 Å². The lowest BCUT2D eigenvalue weighted by Gasteiger charge is -2.34. The number of anilines is 5. The molecule has 2 fully saturated rings. The Bertz CT molecular complexity index is 1250. The fourth-order valence-electron chi connectivity index (χ4n) is 4.52. The first-order valence-electron chi connectivity index (χ1n) is 13.2. The summed E-state index contributed by atoms with van der Waals surface area (Å²) in [6, 6.07) is 2.01. The topological polar surface area (TPSA) is 144 Å². The van der Waals surface area contributed by atoms with Crippen LogP contribution in [0.2, 0.25) is 0 Å². The Morgan fingerprint density at radius 3 is 2.79 bits per heavy atom. The van der Waals surface area contributed by atoms with Crippen molar-refractivity contribution in [3.05, 3.63) is 30.4 Å². The Labute approximate surface area is 222 Å². The third kappa shape index (κ3) is 5.67. The standard InChI is InChI=1S/C25H36N12O/c1-5-35(3)13-14-36(4)23-30-22(29-19-15-18(33-34-19)17-7-8-17)31-24(32-23)37-12-6-9-25(37,2)21(38)28-20-16-26-10-11-27-20/h10-11,15-17H,5-9,12-14H2,1-4H3,(H,27,28,38)(H2,29,30,31,32,33,34)/t25-/m0/s1. The first-order chi connectivity index (χ1) is 18.4. The van der Waals surface area contributed by atoms with E-state index in [0.29, 0.717) is 42.5 Å². The van der Waals surface area contributed by atoms with Gasteiger partial charge in [0.15, 0.2) is 5.82 Å². The zero-order valence-corrected chi connectivity index (χ0v) is 22.5. The first-order valence-corrected chi connectivity index (χ1v) is 13.2. The van der Waals surface area contributed by atoms with Crippen molar-refractivity contribution in [3.8, 4) is 0 Å². The zero-order chi connectivity index (χ0) is 26.7. The van der Waals surface area contributed by atoms with E-state index in [4.69, 9.17) is 15.0 Å². The Balaban J connectivity index is 1.43. The molecule has 0 bridgehead atoms. The Morgan fingerprint density at radius 2 is 2.05 bits per heavy atom. The second-order valence-corrected chi connectivity index (χ2v) is 10.3. The third-order valence-electron chi connectivity index (χ3n) is 7.33. The SMILES string of the molecule is CCN(C)CCN(C)c1nc(Nc2cc(C3CC3)n[nH]2)nc(N2CCC[C@@]2(C)C(=O)Nc2cnccn2)n1. The number of carbonyl (C=O) groups is 1. The lowest BCUT2D eigenvalue weighted by Crippen LogP contribution is -2.52. The van der Waals surface area contributed by atoms with Gasteiger partial charge in [-0.15, -0.1) is 0 Å². The molecule has 3 aromatic heterocycles. The highest BCUT2D eigenvalue weighted by molar-refractivity contribution is 5.99. The number of amides is 1. The van der Waals surface area contributed by atoms with E-state index in [0.717, 1.165) is 37.6 Å². The van der Waals surface area contributed by atoms with Crippen molar-refractivity contribution in [2.24, 2.45) is 0 Å². The summed E-state index contributed by atoms with van der Waals surface area (Å²) in [5.74, 6) is 2.88. The molecular formula is C25H36N12O. The van der Waals surface area contributed by atoms with Gasteiger partial charge in [0.25, 0.3) is 5.91 Å². The van der Waals surface area contributed by atoms with Gasteiger partial charge in [-0.05, 0) is 46.2 Å². The summed E-state index contributed by atoms with van der Waals surface area (Å²) < 4.78 is 0. The number of aromatic nitrogens is 7. The van der Waals surface area contributed by atoms with Gasteiger partial charge in [-0.3, -0.25) is 14.9 Å². The summed E-state index contributed by atoms with van der Waals surface area (Å²) in [4.78, 5) is 42.2. The van der Waals surface area contributed by atoms with Gasteiger partial charge in [0, 0.05) is 51.1 Å². The third-order valence-corrected chi connectivity index (χ3v) is 7.33. The number of carbonyl (C=O) groups excluding carboxylic acids is 1. The van der Waals surface area contributed by atoms with Crippen LogP contribution in [0.3, 0.4) is 0 Å². The Hall–Kier alpha value is -3.87. The van der Waals surface area contributed by atoms with Gasteiger partial charge < -0.3 is 25.3 Å². The fraction of sp³-hybridized carbons (Fsp3) is 0.560. The van der Waals surface area contributed by atoms with Crippen LogP contribution < -0.4 is 20.4 Å². The molecule has 0 radical (unpaired) electrons. The van der Waals surface area contributed by atoms with Crippen LogP contribution in [-0.4, -0.2) is 91.7 Å². The molecule has 3 aromatic rings. The zero-order valence-electron chi connectivity index (χ0n) is 22.5. The molecule has 1 atom stereocenters. The van der Waals surface area contributed by atoms with Crippen molar-refractivity contribution in [1.82, 2.24) is 40.0 Å². The molecule has 5 rings (SSSR count). The number of hydrogen-bond acceptors (Lipinski definition) is 11. The number of H-pyrrole nitrogens is 1. The normalized spacial score (nSPS) is 19.1. The molecule has 202 valence electrons. The van der Waals surface area contributed by atoms with E-state index in [2.05, 4.69) is 49.7 Å². The lowest BCUT2D eigenvalue weighted by molar-refractivity contribution is -0.120. The summed E-state index contributed by atoms with van der Waals surface area (Å²) in [6.45, 7) is 7.25. The molecule has 4 heterocycles. The molecule has 0 aromatic carbocycles. The molecule has 0 spiro atoms. The van der Waals surface area contributed by atoms with E-state index < -0.39 is 5.54 Å². The van der Waals surface area contributed by atoms with E-state index in [1.54, 1.807) is 12.4 Å². The van der Waals surface area contributed by atoms with Gasteiger partial charge in [0.05, 0.1) is 11.9 Å². The molecule has 1 aliphatic heterocycles. The minimum absolute atomic E-state index is 0.174. The van der Waals surface area contributed by atoms with Crippen molar-refractivity contribution in [2.45, 2.75) is 51.0 Å². The average molecular weight is 521 g/mol. The number of likely N-dealkylation sites (N-methyl/N-ethyl adjacent to an activating group) is 2. The fourth-order valence-corrected chi connectivity index (χ4v) is 4.52. The van der Waals surface area contributed by atoms with Gasteiger partial charge in [-0.1, -0.05) is 6.92 Å². The number of aromatic amines is 1. The number of rotatable bonds is 11. The van der Waals surface area contributed by atoms with E-state index >= 15 is 0 Å². The number of nitrogens with one attached hydrogen (secondary N) is 3. The number of nitrogens with zero attached hydrogens (tertiary/aromatic N) is 9. The average Bonchev–Trinajstić information content (AvgIpc) is 3.54. The van der Waals surface area contributed by atoms with E-state index in [1.807, 2.05) is 29.8 Å². The molecule has 1 aliphatic carbocycles. The van der Waals surface area contributed by atoms with Crippen LogP contribution in [0, 0.1) is 0 Å². The second-order valence-electron chi connectivity index (χ2n) is 10.3. The lowest BCUT2D eigenvalue weighted by atomic mass is 9.98. The molecule has 2 aliphatic rings. The van der Waals surface area contributed by atoms with Crippen molar-refractivity contribution in [3.63, 3.8) is 0 Å². The summed E-state index contributed by atoms with van der Waals surface area (Å²) in [6.07, 6.45) is 8.49. The van der Waals surface area contributed by atoms with E-state index in [-0.39, 0.29) is 5.91 Å². The molecule has 0 unspecified atom stereocenters. The van der Waals surface area contributed by atoms with Crippen molar-refractivity contribution in [1.29, 1.82) is 0 Å². The molecular weight excluding hydrogens is 484 g/mol. The van der Waals surface area contributed by atoms with Gasteiger partial charge in [0.1, 0.15) is 11.4 Å². The molecule has 38 heavy (non-hydrogen) atoms. The van der Waals surface area contributed by atoms with Crippen LogP contribution >= 0.6 is 0 Å². The molecule has 1 amide bonds. The van der Waals surface area contributed by atoms with Crippen LogP contribution in [0.15, 0.2) is 24.7 Å². The van der Waals surface area contributed by atoms with Gasteiger partial charge in [0.2, 0.25) is 17.8 Å². The Morgan fingerprint density at radius 1 is 1.21 bits per heavy atom. The molecule has 3 N–H and O–H groups in total. The molecule has 13 heteroatoms. The van der Waals surface area contributed by atoms with Gasteiger partial charge >= 0.3 is 0 Å². The summed E-state index contributed by atoms with van der Waals surface area (Å²) in [7, 11) is 4.05. The quantitative estimate of drug-likeness (QED) is 0.343. The van der Waals surface area contributed by atoms with Gasteiger partial charge in [-0.25, -0.2) is 4.98 Å². The van der Waals surface area contributed by atoms with Crippen LogP contribution in [0.4, 0.5) is 29.5 Å². The van der Waals surface area contributed by atoms with E-state index in [1.165, 1.54) is 19.0 Å². The minimum Gasteiger partial charge on any atom is -0.342 e. The van der Waals surface area contributed by atoms with Crippen LogP contribution in [0.1, 0.15) is 51.1 Å². The molecule has 1 saturated carbocycles. The van der Waals surface area contributed by atoms with Crippen LogP contribution in [-0.2, 0) is 4.79 Å². The van der Waals surface area contributed by atoms with Crippen molar-refractivity contribution < 1.29 is 4.79 Å². The maximum atomic E-state index is 13.5. The summed E-state index contributed by atoms with van der Waals surface area (Å²) >= 11 is 0. The highest BCUT2D eigenvalue weighted by atomic mass is 16.2. The molecule has 13 nitrogen and oxygen atoms in total. The predicted molar refractivity (Wildman–Crippen MR) is 146 cm³/mol. The largest absolute Gasteiger partial charge is 0.342 e. The molecule has 1 saturated heterocycles. The van der Waals surface area contributed by atoms with Crippen molar-refractivity contribution >= 4 is 35.4 Å². The van der Waals surface area contributed by atoms with Crippen molar-refractivity contribution in [2.75, 3.05) is 60.7 Å². The van der Waals surface area contributed by atoms with Gasteiger partial charge in [-0.2, -0.15) is 20.1 Å². The highest BCUT2D eigenvalue weighted by Gasteiger charge is 2.45. The maximum absolute atomic E-state index is 13.5. The minimum atomic E-state index is -0.860. The second kappa shape index (κ2) is 10.9. The predicted octanol–water partition coefficient (Wildman–Crippen LogP) is 2.39. The summed E-state index contributed by atoms with van der Waals surface area (Å²) in [5.41, 5.74) is 0.191. The Kier molecular flexibility index (Phi) is 7.36.